The predicted octanol–water partition coefficient (Wildman–Crippen LogP) is 3.16. The van der Waals surface area contributed by atoms with Crippen molar-refractivity contribution < 1.29 is 13.7 Å². The van der Waals surface area contributed by atoms with E-state index in [4.69, 9.17) is 8.94 Å². The molecule has 0 saturated heterocycles. The molecule has 2 heterocycles. The number of oxazole rings is 1. The third-order valence-electron chi connectivity index (χ3n) is 3.63. The number of carbonyl (C=O) groups is 1. The number of rotatable bonds is 5. The van der Waals surface area contributed by atoms with Gasteiger partial charge in [0.25, 0.3) is 5.91 Å². The number of nitrogens with zero attached hydrogens (tertiary/aromatic N) is 3. The SMILES string of the molecule is Cc1noc(C(NC(=O)c2ccc(-c3cnco3)cc2)C(C)C)n1. The summed E-state index contributed by atoms with van der Waals surface area (Å²) in [7, 11) is 0. The van der Waals surface area contributed by atoms with Crippen LogP contribution >= 0.6 is 0 Å². The van der Waals surface area contributed by atoms with Crippen LogP contribution in [0, 0.1) is 12.8 Å². The second-order valence-electron chi connectivity index (χ2n) is 5.82. The fourth-order valence-corrected chi connectivity index (χ4v) is 2.32. The maximum Gasteiger partial charge on any atom is 0.251 e. The van der Waals surface area contributed by atoms with Gasteiger partial charge < -0.3 is 14.3 Å². The fraction of sp³-hybridized carbons (Fsp3) is 0.294. The van der Waals surface area contributed by atoms with Gasteiger partial charge in [-0.2, -0.15) is 4.98 Å². The molecule has 0 radical (unpaired) electrons. The van der Waals surface area contributed by atoms with Gasteiger partial charge in [-0.25, -0.2) is 4.98 Å². The Morgan fingerprint density at radius 1 is 1.21 bits per heavy atom. The monoisotopic (exact) mass is 326 g/mol. The minimum atomic E-state index is -0.340. The molecule has 0 saturated carbocycles. The van der Waals surface area contributed by atoms with Crippen LogP contribution in [0.15, 0.2) is 45.8 Å². The molecule has 1 aromatic carbocycles. The molecule has 24 heavy (non-hydrogen) atoms. The lowest BCUT2D eigenvalue weighted by molar-refractivity contribution is 0.0914. The maximum atomic E-state index is 12.5. The van der Waals surface area contributed by atoms with Crippen molar-refractivity contribution in [2.75, 3.05) is 0 Å². The number of benzene rings is 1. The van der Waals surface area contributed by atoms with Crippen molar-refractivity contribution in [3.05, 3.63) is 54.1 Å². The molecule has 1 unspecified atom stereocenters. The van der Waals surface area contributed by atoms with E-state index in [0.29, 0.717) is 23.0 Å². The minimum absolute atomic E-state index is 0.113. The first kappa shape index (κ1) is 15.9. The lowest BCUT2D eigenvalue weighted by atomic mass is 10.0. The molecule has 7 heteroatoms. The molecule has 7 nitrogen and oxygen atoms in total. The van der Waals surface area contributed by atoms with Crippen LogP contribution in [0.5, 0.6) is 0 Å². The van der Waals surface area contributed by atoms with Gasteiger partial charge in [0, 0.05) is 11.1 Å². The molecule has 124 valence electrons. The van der Waals surface area contributed by atoms with Crippen molar-refractivity contribution in [1.82, 2.24) is 20.4 Å². The summed E-state index contributed by atoms with van der Waals surface area (Å²) in [5, 5.41) is 6.73. The number of carbonyl (C=O) groups excluding carboxylic acids is 1. The Bertz CT molecular complexity index is 807. The van der Waals surface area contributed by atoms with Gasteiger partial charge in [-0.05, 0) is 25.0 Å². The average molecular weight is 326 g/mol. The second-order valence-corrected chi connectivity index (χ2v) is 5.82. The van der Waals surface area contributed by atoms with Crippen LogP contribution < -0.4 is 5.32 Å². The number of amides is 1. The minimum Gasteiger partial charge on any atom is -0.444 e. The van der Waals surface area contributed by atoms with Crippen LogP contribution in [0.3, 0.4) is 0 Å². The van der Waals surface area contributed by atoms with Crippen LogP contribution in [0.2, 0.25) is 0 Å². The van der Waals surface area contributed by atoms with Crippen LogP contribution in [-0.4, -0.2) is 21.0 Å². The topological polar surface area (TPSA) is 94.1 Å². The van der Waals surface area contributed by atoms with Gasteiger partial charge in [-0.15, -0.1) is 0 Å². The smallest absolute Gasteiger partial charge is 0.251 e. The van der Waals surface area contributed by atoms with E-state index in [0.717, 1.165) is 5.56 Å². The summed E-state index contributed by atoms with van der Waals surface area (Å²) in [6, 6.07) is 6.77. The van der Waals surface area contributed by atoms with Gasteiger partial charge in [0.15, 0.2) is 18.0 Å². The molecular weight excluding hydrogens is 308 g/mol. The van der Waals surface area contributed by atoms with Gasteiger partial charge in [0.05, 0.1) is 6.20 Å². The molecule has 0 aliphatic carbocycles. The predicted molar refractivity (Wildman–Crippen MR) is 86.0 cm³/mol. The first-order valence-corrected chi connectivity index (χ1v) is 7.64. The van der Waals surface area contributed by atoms with Crippen molar-refractivity contribution in [2.24, 2.45) is 5.92 Å². The summed E-state index contributed by atoms with van der Waals surface area (Å²) in [6.07, 6.45) is 3.00. The lowest BCUT2D eigenvalue weighted by Gasteiger charge is -2.18. The number of aryl methyl sites for hydroxylation is 1. The first-order chi connectivity index (χ1) is 11.5. The maximum absolute atomic E-state index is 12.5. The normalized spacial score (nSPS) is 12.3. The Morgan fingerprint density at radius 2 is 1.96 bits per heavy atom. The molecule has 1 N–H and O–H groups in total. The highest BCUT2D eigenvalue weighted by atomic mass is 16.5. The summed E-state index contributed by atoms with van der Waals surface area (Å²) < 4.78 is 10.4. The zero-order valence-corrected chi connectivity index (χ0v) is 13.7. The van der Waals surface area contributed by atoms with Crippen molar-refractivity contribution in [1.29, 1.82) is 0 Å². The summed E-state index contributed by atoms with van der Waals surface area (Å²) in [4.78, 5) is 20.6. The summed E-state index contributed by atoms with van der Waals surface area (Å²) >= 11 is 0. The number of nitrogens with one attached hydrogen (secondary N) is 1. The molecule has 1 atom stereocenters. The highest BCUT2D eigenvalue weighted by Crippen LogP contribution is 2.22. The van der Waals surface area contributed by atoms with E-state index in [1.165, 1.54) is 6.39 Å². The van der Waals surface area contributed by atoms with Crippen molar-refractivity contribution in [3.8, 4) is 11.3 Å². The van der Waals surface area contributed by atoms with Gasteiger partial charge in [-0.3, -0.25) is 4.79 Å². The van der Waals surface area contributed by atoms with E-state index < -0.39 is 0 Å². The molecule has 1 amide bonds. The second kappa shape index (κ2) is 6.66. The molecule has 3 aromatic rings. The zero-order chi connectivity index (χ0) is 17.1. The Kier molecular flexibility index (Phi) is 4.41. The van der Waals surface area contributed by atoms with E-state index in [1.54, 1.807) is 25.3 Å². The van der Waals surface area contributed by atoms with E-state index in [1.807, 2.05) is 26.0 Å². The molecule has 0 bridgehead atoms. The third kappa shape index (κ3) is 3.34. The van der Waals surface area contributed by atoms with E-state index in [-0.39, 0.29) is 17.9 Å². The first-order valence-electron chi connectivity index (χ1n) is 7.64. The molecule has 0 aliphatic rings. The summed E-state index contributed by atoms with van der Waals surface area (Å²) in [6.45, 7) is 5.71. The van der Waals surface area contributed by atoms with Crippen LogP contribution in [0.25, 0.3) is 11.3 Å². The molecule has 0 aliphatic heterocycles. The number of hydrogen-bond acceptors (Lipinski definition) is 6. The number of hydrogen-bond donors (Lipinski definition) is 1. The zero-order valence-electron chi connectivity index (χ0n) is 13.7. The molecular formula is C17H18N4O3. The quantitative estimate of drug-likeness (QED) is 0.774. The van der Waals surface area contributed by atoms with Crippen molar-refractivity contribution >= 4 is 5.91 Å². The Hall–Kier alpha value is -2.96. The molecule has 2 aromatic heterocycles. The van der Waals surface area contributed by atoms with Gasteiger partial charge >= 0.3 is 0 Å². The van der Waals surface area contributed by atoms with Crippen molar-refractivity contribution in [2.45, 2.75) is 26.8 Å². The van der Waals surface area contributed by atoms with E-state index >= 15 is 0 Å². The van der Waals surface area contributed by atoms with Crippen LogP contribution in [0.4, 0.5) is 0 Å². The number of aromatic nitrogens is 3. The summed E-state index contributed by atoms with van der Waals surface area (Å²) in [5.41, 5.74) is 1.40. The summed E-state index contributed by atoms with van der Waals surface area (Å²) in [5.74, 6) is 1.52. The standard InChI is InChI=1S/C17H18N4O3/c1-10(2)15(17-19-11(3)21-24-17)20-16(22)13-6-4-12(5-7-13)14-8-18-9-23-14/h4-10,15H,1-3H3,(H,20,22). The Balaban J connectivity index is 1.75. The van der Waals surface area contributed by atoms with Crippen LogP contribution in [0.1, 0.15) is 42.0 Å². The Morgan fingerprint density at radius 3 is 2.50 bits per heavy atom. The molecule has 0 fully saturated rings. The van der Waals surface area contributed by atoms with Gasteiger partial charge in [0.2, 0.25) is 5.89 Å². The molecule has 3 rings (SSSR count). The average Bonchev–Trinajstić information content (AvgIpc) is 3.24. The van der Waals surface area contributed by atoms with E-state index in [2.05, 4.69) is 20.4 Å². The fourth-order valence-electron chi connectivity index (χ4n) is 2.32. The molecule has 0 spiro atoms. The lowest BCUT2D eigenvalue weighted by Crippen LogP contribution is -2.32. The van der Waals surface area contributed by atoms with Crippen LogP contribution in [-0.2, 0) is 0 Å². The van der Waals surface area contributed by atoms with Gasteiger partial charge in [0.1, 0.15) is 6.04 Å². The van der Waals surface area contributed by atoms with E-state index in [9.17, 15) is 4.79 Å². The van der Waals surface area contributed by atoms with Gasteiger partial charge in [-0.1, -0.05) is 31.1 Å². The largest absolute Gasteiger partial charge is 0.444 e. The highest BCUT2D eigenvalue weighted by molar-refractivity contribution is 5.94. The third-order valence-corrected chi connectivity index (χ3v) is 3.63. The highest BCUT2D eigenvalue weighted by Gasteiger charge is 2.24. The Labute approximate surface area is 139 Å². The van der Waals surface area contributed by atoms with Crippen molar-refractivity contribution in [3.63, 3.8) is 0 Å².